The number of hydrogen-bond acceptors (Lipinski definition) is 6. The van der Waals surface area contributed by atoms with Gasteiger partial charge in [0, 0.05) is 0 Å². The van der Waals surface area contributed by atoms with Gasteiger partial charge >= 0.3 is 18.0 Å². The molecule has 6 heteroatoms. The molecule has 0 unspecified atom stereocenters. The minimum Gasteiger partial charge on any atom is -0.459 e. The fourth-order valence-electron chi connectivity index (χ4n) is 1.79. The van der Waals surface area contributed by atoms with E-state index in [2.05, 4.69) is 34.7 Å². The summed E-state index contributed by atoms with van der Waals surface area (Å²) < 4.78 is 16.5. The summed E-state index contributed by atoms with van der Waals surface area (Å²) in [5, 5.41) is 0. The summed E-state index contributed by atoms with van der Waals surface area (Å²) >= 11 is 0. The first-order valence-corrected chi connectivity index (χ1v) is 7.37. The van der Waals surface area contributed by atoms with Gasteiger partial charge in [-0.1, -0.05) is 49.6 Å². The van der Waals surface area contributed by atoms with E-state index in [1.54, 1.807) is 18.2 Å². The molecule has 0 saturated carbocycles. The first-order chi connectivity index (χ1) is 11.8. The molecule has 0 fully saturated rings. The molecular formula is C18H19N3O3. The van der Waals surface area contributed by atoms with Crippen LogP contribution >= 0.6 is 0 Å². The Morgan fingerprint density at radius 2 is 1.38 bits per heavy atom. The second-order valence-corrected chi connectivity index (χ2v) is 4.59. The number of rotatable bonds is 10. The summed E-state index contributed by atoms with van der Waals surface area (Å²) in [6, 6.07) is 7.85. The first kappa shape index (κ1) is 17.2. The van der Waals surface area contributed by atoms with E-state index in [1.165, 1.54) is 0 Å². The second kappa shape index (κ2) is 9.09. The van der Waals surface area contributed by atoms with Crippen LogP contribution in [0.4, 0.5) is 0 Å². The van der Waals surface area contributed by atoms with Crippen LogP contribution in [-0.4, -0.2) is 28.2 Å². The maximum Gasteiger partial charge on any atom is 0.331 e. The maximum absolute atomic E-state index is 5.78. The van der Waals surface area contributed by atoms with Crippen molar-refractivity contribution in [1.29, 1.82) is 0 Å². The Morgan fingerprint density at radius 1 is 0.792 bits per heavy atom. The molecule has 2 aromatic rings. The van der Waals surface area contributed by atoms with Crippen molar-refractivity contribution < 1.29 is 14.2 Å². The third-order valence-corrected chi connectivity index (χ3v) is 2.77. The molecule has 0 bridgehead atoms. The van der Waals surface area contributed by atoms with E-state index in [4.69, 9.17) is 14.2 Å². The van der Waals surface area contributed by atoms with Crippen molar-refractivity contribution in [2.24, 2.45) is 0 Å². The fourth-order valence-corrected chi connectivity index (χ4v) is 1.79. The normalized spacial score (nSPS) is 9.83. The summed E-state index contributed by atoms with van der Waals surface area (Å²) in [4.78, 5) is 12.3. The largest absolute Gasteiger partial charge is 0.459 e. The van der Waals surface area contributed by atoms with Crippen LogP contribution in [0.5, 0.6) is 23.8 Å². The highest BCUT2D eigenvalue weighted by Gasteiger charge is 2.12. The Morgan fingerprint density at radius 3 is 1.96 bits per heavy atom. The smallest absolute Gasteiger partial charge is 0.331 e. The minimum absolute atomic E-state index is 0.0830. The van der Waals surface area contributed by atoms with Crippen molar-refractivity contribution >= 4 is 0 Å². The summed E-state index contributed by atoms with van der Waals surface area (Å²) in [5.74, 6) is 0.632. The lowest BCUT2D eigenvalue weighted by molar-refractivity contribution is 0.285. The van der Waals surface area contributed by atoms with Gasteiger partial charge in [-0.25, -0.2) is 0 Å². The Bertz CT molecular complexity index is 686. The van der Waals surface area contributed by atoms with Crippen LogP contribution in [-0.2, 0) is 6.42 Å². The Hall–Kier alpha value is -3.15. The molecule has 0 saturated heterocycles. The third kappa shape index (κ3) is 4.95. The van der Waals surface area contributed by atoms with E-state index in [0.717, 1.165) is 5.56 Å². The lowest BCUT2D eigenvalue weighted by Gasteiger charge is -2.10. The van der Waals surface area contributed by atoms with Crippen molar-refractivity contribution in [2.75, 3.05) is 13.2 Å². The number of allylic oxidation sites excluding steroid dienone is 1. The van der Waals surface area contributed by atoms with Crippen LogP contribution in [0.1, 0.15) is 5.56 Å². The van der Waals surface area contributed by atoms with Crippen molar-refractivity contribution in [3.8, 4) is 23.8 Å². The van der Waals surface area contributed by atoms with E-state index in [9.17, 15) is 0 Å². The van der Waals surface area contributed by atoms with Crippen molar-refractivity contribution in [3.05, 3.63) is 67.8 Å². The Labute approximate surface area is 141 Å². The summed E-state index contributed by atoms with van der Waals surface area (Å²) in [7, 11) is 0. The van der Waals surface area contributed by atoms with Crippen LogP contribution < -0.4 is 14.2 Å². The highest BCUT2D eigenvalue weighted by molar-refractivity contribution is 5.36. The average molecular weight is 325 g/mol. The van der Waals surface area contributed by atoms with E-state index >= 15 is 0 Å². The van der Waals surface area contributed by atoms with Crippen molar-refractivity contribution in [3.63, 3.8) is 0 Å². The lowest BCUT2D eigenvalue weighted by Crippen LogP contribution is -2.06. The first-order valence-electron chi connectivity index (χ1n) is 7.37. The second-order valence-electron chi connectivity index (χ2n) is 4.59. The maximum atomic E-state index is 5.78. The number of para-hydroxylation sites is 1. The topological polar surface area (TPSA) is 66.4 Å². The molecule has 1 aromatic heterocycles. The quantitative estimate of drug-likeness (QED) is 0.623. The molecule has 24 heavy (non-hydrogen) atoms. The monoisotopic (exact) mass is 325 g/mol. The van der Waals surface area contributed by atoms with Gasteiger partial charge in [0.15, 0.2) is 0 Å². The van der Waals surface area contributed by atoms with Gasteiger partial charge in [0.2, 0.25) is 0 Å². The number of nitrogens with zero attached hydrogens (tertiary/aromatic N) is 3. The molecule has 0 spiro atoms. The minimum atomic E-state index is 0.0830. The standard InChI is InChI=1S/C18H19N3O3/c1-4-9-14-10-7-8-11-15(14)24-18-20-16(22-12-5-2)19-17(21-18)23-13-6-3/h4-8,10-11H,1-3,9,12-13H2. The van der Waals surface area contributed by atoms with E-state index < -0.39 is 0 Å². The Kier molecular flexibility index (Phi) is 6.52. The lowest BCUT2D eigenvalue weighted by atomic mass is 10.1. The van der Waals surface area contributed by atoms with Gasteiger partial charge in [-0.2, -0.15) is 0 Å². The number of ether oxygens (including phenoxy) is 3. The molecule has 0 radical (unpaired) electrons. The van der Waals surface area contributed by atoms with Gasteiger partial charge in [0.25, 0.3) is 0 Å². The van der Waals surface area contributed by atoms with Gasteiger partial charge < -0.3 is 14.2 Å². The number of aromatic nitrogens is 3. The SMILES string of the molecule is C=CCOc1nc(OCC=C)nc(Oc2ccccc2CC=C)n1. The highest BCUT2D eigenvalue weighted by atomic mass is 16.5. The van der Waals surface area contributed by atoms with Gasteiger partial charge in [0.1, 0.15) is 19.0 Å². The summed E-state index contributed by atoms with van der Waals surface area (Å²) in [6.45, 7) is 11.4. The van der Waals surface area contributed by atoms with E-state index in [0.29, 0.717) is 12.2 Å². The highest BCUT2D eigenvalue weighted by Crippen LogP contribution is 2.25. The molecule has 0 atom stereocenters. The zero-order chi connectivity index (χ0) is 17.2. The van der Waals surface area contributed by atoms with Crippen molar-refractivity contribution in [2.45, 2.75) is 6.42 Å². The van der Waals surface area contributed by atoms with Crippen molar-refractivity contribution in [1.82, 2.24) is 15.0 Å². The molecule has 0 aliphatic carbocycles. The average Bonchev–Trinajstić information content (AvgIpc) is 2.60. The molecule has 124 valence electrons. The zero-order valence-corrected chi connectivity index (χ0v) is 13.4. The van der Waals surface area contributed by atoms with Crippen LogP contribution in [0.15, 0.2) is 62.2 Å². The van der Waals surface area contributed by atoms with Gasteiger partial charge in [-0.05, 0) is 18.1 Å². The van der Waals surface area contributed by atoms with Crippen LogP contribution in [0.25, 0.3) is 0 Å². The number of benzene rings is 1. The van der Waals surface area contributed by atoms with Crippen LogP contribution in [0.2, 0.25) is 0 Å². The van der Waals surface area contributed by atoms with Crippen LogP contribution in [0.3, 0.4) is 0 Å². The number of hydrogen-bond donors (Lipinski definition) is 0. The summed E-state index contributed by atoms with van der Waals surface area (Å²) in [6.07, 6.45) is 5.65. The molecule has 6 nitrogen and oxygen atoms in total. The molecule has 1 aromatic carbocycles. The molecule has 0 N–H and O–H groups in total. The van der Waals surface area contributed by atoms with Crippen LogP contribution in [0, 0.1) is 0 Å². The Balaban J connectivity index is 2.28. The van der Waals surface area contributed by atoms with Gasteiger partial charge in [0.05, 0.1) is 0 Å². The summed E-state index contributed by atoms with van der Waals surface area (Å²) in [5.41, 5.74) is 0.968. The van der Waals surface area contributed by atoms with E-state index in [-0.39, 0.29) is 31.2 Å². The predicted molar refractivity (Wildman–Crippen MR) is 91.6 cm³/mol. The molecule has 1 heterocycles. The van der Waals surface area contributed by atoms with Gasteiger partial charge in [-0.3, -0.25) is 0 Å². The molecule has 2 rings (SSSR count). The van der Waals surface area contributed by atoms with Gasteiger partial charge in [-0.15, -0.1) is 21.5 Å². The predicted octanol–water partition coefficient (Wildman–Crippen LogP) is 3.52. The van der Waals surface area contributed by atoms with E-state index in [1.807, 2.05) is 24.3 Å². The third-order valence-electron chi connectivity index (χ3n) is 2.77. The zero-order valence-electron chi connectivity index (χ0n) is 13.4. The molecule has 0 aliphatic rings. The molecule has 0 amide bonds. The fraction of sp³-hybridized carbons (Fsp3) is 0.167. The molecular weight excluding hydrogens is 306 g/mol. The molecule has 0 aliphatic heterocycles.